The predicted octanol–water partition coefficient (Wildman–Crippen LogP) is 1.23. The Balaban J connectivity index is 3.21. The SMILES string of the molecule is COC(=O)C(C(=O)O)C(C[N+](=O)[O-])c1ccc(C)cc1. The maximum atomic E-state index is 11.6. The molecule has 1 rings (SSSR count). The van der Waals surface area contributed by atoms with Crippen molar-refractivity contribution in [2.75, 3.05) is 13.7 Å². The van der Waals surface area contributed by atoms with E-state index in [0.29, 0.717) is 5.56 Å². The first-order chi connectivity index (χ1) is 9.36. The van der Waals surface area contributed by atoms with Crippen molar-refractivity contribution in [1.82, 2.24) is 0 Å². The molecule has 7 nitrogen and oxygen atoms in total. The molecule has 0 radical (unpaired) electrons. The molecule has 1 aromatic rings. The van der Waals surface area contributed by atoms with Gasteiger partial charge in [0.1, 0.15) is 0 Å². The molecule has 20 heavy (non-hydrogen) atoms. The zero-order valence-electron chi connectivity index (χ0n) is 11.1. The molecule has 0 aliphatic heterocycles. The zero-order valence-corrected chi connectivity index (χ0v) is 11.1. The summed E-state index contributed by atoms with van der Waals surface area (Å²) in [5.41, 5.74) is 1.35. The molecule has 0 spiro atoms. The minimum absolute atomic E-state index is 0.421. The van der Waals surface area contributed by atoms with Crippen LogP contribution in [-0.2, 0) is 14.3 Å². The minimum Gasteiger partial charge on any atom is -0.481 e. The number of carbonyl (C=O) groups excluding carboxylic acids is 1. The average molecular weight is 281 g/mol. The van der Waals surface area contributed by atoms with Crippen LogP contribution in [0.15, 0.2) is 24.3 Å². The fourth-order valence-electron chi connectivity index (χ4n) is 1.94. The molecule has 1 N–H and O–H groups in total. The van der Waals surface area contributed by atoms with Crippen molar-refractivity contribution in [2.45, 2.75) is 12.8 Å². The van der Waals surface area contributed by atoms with Crippen molar-refractivity contribution in [3.05, 3.63) is 45.5 Å². The number of hydrogen-bond donors (Lipinski definition) is 1. The Hall–Kier alpha value is -2.44. The van der Waals surface area contributed by atoms with E-state index >= 15 is 0 Å². The van der Waals surface area contributed by atoms with Crippen LogP contribution < -0.4 is 0 Å². The molecule has 0 bridgehead atoms. The van der Waals surface area contributed by atoms with Gasteiger partial charge >= 0.3 is 11.9 Å². The average Bonchev–Trinajstić information content (AvgIpc) is 2.37. The molecule has 2 unspecified atom stereocenters. The molecule has 0 aromatic heterocycles. The van der Waals surface area contributed by atoms with Crippen LogP contribution in [0.4, 0.5) is 0 Å². The Morgan fingerprint density at radius 3 is 2.30 bits per heavy atom. The third-order valence-corrected chi connectivity index (χ3v) is 2.97. The van der Waals surface area contributed by atoms with Crippen LogP contribution in [0.1, 0.15) is 17.0 Å². The molecule has 7 heteroatoms. The third-order valence-electron chi connectivity index (χ3n) is 2.97. The van der Waals surface area contributed by atoms with Gasteiger partial charge in [-0.2, -0.15) is 0 Å². The summed E-state index contributed by atoms with van der Waals surface area (Å²) in [6.07, 6.45) is 0. The van der Waals surface area contributed by atoms with Crippen LogP contribution >= 0.6 is 0 Å². The van der Waals surface area contributed by atoms with E-state index in [-0.39, 0.29) is 0 Å². The molecule has 0 aliphatic carbocycles. The normalized spacial score (nSPS) is 13.3. The number of ether oxygens (including phenoxy) is 1. The summed E-state index contributed by atoms with van der Waals surface area (Å²) in [5.74, 6) is -5.11. The molecule has 1 aromatic carbocycles. The molecular formula is C13H15NO6. The van der Waals surface area contributed by atoms with Crippen molar-refractivity contribution in [3.63, 3.8) is 0 Å². The molecule has 0 fully saturated rings. The van der Waals surface area contributed by atoms with E-state index in [2.05, 4.69) is 4.74 Å². The fourth-order valence-corrected chi connectivity index (χ4v) is 1.94. The molecule has 0 saturated carbocycles. The van der Waals surface area contributed by atoms with Gasteiger partial charge in [0.2, 0.25) is 6.54 Å². The highest BCUT2D eigenvalue weighted by atomic mass is 16.6. The largest absolute Gasteiger partial charge is 0.481 e. The van der Waals surface area contributed by atoms with E-state index in [0.717, 1.165) is 12.7 Å². The van der Waals surface area contributed by atoms with E-state index in [1.165, 1.54) is 0 Å². The van der Waals surface area contributed by atoms with Crippen molar-refractivity contribution < 1.29 is 24.4 Å². The summed E-state index contributed by atoms with van der Waals surface area (Å²) in [5, 5.41) is 19.9. The van der Waals surface area contributed by atoms with Crippen LogP contribution in [0.25, 0.3) is 0 Å². The number of methoxy groups -OCH3 is 1. The van der Waals surface area contributed by atoms with Gasteiger partial charge in [0.05, 0.1) is 13.0 Å². The Bertz CT molecular complexity index is 510. The second-order valence-electron chi connectivity index (χ2n) is 4.37. The van der Waals surface area contributed by atoms with Crippen LogP contribution in [0.3, 0.4) is 0 Å². The highest BCUT2D eigenvalue weighted by molar-refractivity contribution is 5.95. The highest BCUT2D eigenvalue weighted by Gasteiger charge is 2.39. The number of carboxylic acid groups (broad SMARTS) is 1. The molecular weight excluding hydrogens is 266 g/mol. The quantitative estimate of drug-likeness (QED) is 0.364. The molecule has 0 saturated heterocycles. The summed E-state index contributed by atoms with van der Waals surface area (Å²) >= 11 is 0. The summed E-state index contributed by atoms with van der Waals surface area (Å²) in [4.78, 5) is 32.9. The lowest BCUT2D eigenvalue weighted by Crippen LogP contribution is -2.34. The number of rotatable bonds is 6. The second-order valence-corrected chi connectivity index (χ2v) is 4.37. The monoisotopic (exact) mass is 281 g/mol. The Kier molecular flexibility index (Phi) is 5.19. The summed E-state index contributed by atoms with van der Waals surface area (Å²) in [6, 6.07) is 6.59. The molecule has 2 atom stereocenters. The zero-order chi connectivity index (χ0) is 15.3. The number of carbonyl (C=O) groups is 2. The lowest BCUT2D eigenvalue weighted by Gasteiger charge is -2.19. The minimum atomic E-state index is -1.60. The standard InChI is InChI=1S/C13H15NO6/c1-8-3-5-9(6-4-8)10(7-14(18)19)11(12(15)16)13(17)20-2/h3-6,10-11H,7H2,1-2H3,(H,15,16). The summed E-state index contributed by atoms with van der Waals surface area (Å²) < 4.78 is 4.44. The second kappa shape index (κ2) is 6.65. The Morgan fingerprint density at radius 2 is 1.90 bits per heavy atom. The number of benzene rings is 1. The first-order valence-electron chi connectivity index (χ1n) is 5.85. The number of esters is 1. The molecule has 0 aliphatic rings. The number of nitro groups is 1. The number of nitrogens with zero attached hydrogens (tertiary/aromatic N) is 1. The van der Waals surface area contributed by atoms with Gasteiger partial charge in [0.25, 0.3) is 0 Å². The van der Waals surface area contributed by atoms with Gasteiger partial charge in [-0.1, -0.05) is 29.8 Å². The lowest BCUT2D eigenvalue weighted by atomic mass is 9.85. The van der Waals surface area contributed by atoms with Gasteiger partial charge in [-0.15, -0.1) is 0 Å². The van der Waals surface area contributed by atoms with Crippen LogP contribution in [0, 0.1) is 23.0 Å². The predicted molar refractivity (Wildman–Crippen MR) is 68.9 cm³/mol. The van der Waals surface area contributed by atoms with Crippen molar-refractivity contribution in [3.8, 4) is 0 Å². The first kappa shape index (κ1) is 15.6. The third kappa shape index (κ3) is 3.78. The van der Waals surface area contributed by atoms with Crippen LogP contribution in [0.2, 0.25) is 0 Å². The smallest absolute Gasteiger partial charge is 0.320 e. The lowest BCUT2D eigenvalue weighted by molar-refractivity contribution is -0.484. The van der Waals surface area contributed by atoms with Gasteiger partial charge in [-0.3, -0.25) is 19.7 Å². The van der Waals surface area contributed by atoms with E-state index in [4.69, 9.17) is 5.11 Å². The van der Waals surface area contributed by atoms with E-state index in [9.17, 15) is 19.7 Å². The number of aliphatic carboxylic acids is 1. The fraction of sp³-hybridized carbons (Fsp3) is 0.385. The van der Waals surface area contributed by atoms with E-state index < -0.39 is 35.2 Å². The van der Waals surface area contributed by atoms with Gasteiger partial charge in [0, 0.05) is 4.92 Å². The van der Waals surface area contributed by atoms with Crippen molar-refractivity contribution >= 4 is 11.9 Å². The topological polar surface area (TPSA) is 107 Å². The van der Waals surface area contributed by atoms with Crippen molar-refractivity contribution in [2.24, 2.45) is 5.92 Å². The van der Waals surface area contributed by atoms with Gasteiger partial charge in [-0.25, -0.2) is 0 Å². The number of carboxylic acids is 1. The van der Waals surface area contributed by atoms with Gasteiger partial charge < -0.3 is 9.84 Å². The van der Waals surface area contributed by atoms with Crippen molar-refractivity contribution in [1.29, 1.82) is 0 Å². The van der Waals surface area contributed by atoms with Crippen LogP contribution in [-0.4, -0.2) is 35.6 Å². The summed E-state index contributed by atoms with van der Waals surface area (Å²) in [7, 11) is 1.05. The molecule has 0 amide bonds. The van der Waals surface area contributed by atoms with Crippen LogP contribution in [0.5, 0.6) is 0 Å². The highest BCUT2D eigenvalue weighted by Crippen LogP contribution is 2.27. The number of hydrogen-bond acceptors (Lipinski definition) is 5. The molecule has 108 valence electrons. The number of aryl methyl sites for hydroxylation is 1. The van der Waals surface area contributed by atoms with E-state index in [1.807, 2.05) is 6.92 Å². The maximum absolute atomic E-state index is 11.6. The summed E-state index contributed by atoms with van der Waals surface area (Å²) in [6.45, 7) is 1.18. The Morgan fingerprint density at radius 1 is 1.35 bits per heavy atom. The van der Waals surface area contributed by atoms with Gasteiger partial charge in [0.15, 0.2) is 5.92 Å². The maximum Gasteiger partial charge on any atom is 0.320 e. The van der Waals surface area contributed by atoms with Gasteiger partial charge in [-0.05, 0) is 12.5 Å². The first-order valence-corrected chi connectivity index (χ1v) is 5.85. The molecule has 0 heterocycles. The Labute approximate surface area is 115 Å². The van der Waals surface area contributed by atoms with E-state index in [1.54, 1.807) is 24.3 Å².